The molecule has 14 heavy (non-hydrogen) atoms. The van der Waals surface area contributed by atoms with Crippen molar-refractivity contribution in [2.45, 2.75) is 25.8 Å². The predicted octanol–water partition coefficient (Wildman–Crippen LogP) is 0.354. The first-order valence-electron chi connectivity index (χ1n) is 4.61. The van der Waals surface area contributed by atoms with Crippen molar-refractivity contribution >= 4 is 11.9 Å². The van der Waals surface area contributed by atoms with E-state index in [2.05, 4.69) is 5.16 Å². The normalized spacial score (nSPS) is 22.5. The number of nitrogens with zero attached hydrogens (tertiary/aromatic N) is 2. The van der Waals surface area contributed by atoms with Crippen LogP contribution < -0.4 is 5.73 Å². The molecule has 1 saturated heterocycles. The first kappa shape index (κ1) is 10.6. The van der Waals surface area contributed by atoms with Gasteiger partial charge in [0.05, 0.1) is 12.6 Å². The predicted molar refractivity (Wildman–Crippen MR) is 50.2 cm³/mol. The minimum atomic E-state index is -0.401. The molecule has 0 bridgehead atoms. The molecule has 6 heteroatoms. The Balaban J connectivity index is 2.64. The summed E-state index contributed by atoms with van der Waals surface area (Å²) >= 11 is 0. The van der Waals surface area contributed by atoms with Crippen molar-refractivity contribution in [2.24, 2.45) is 10.9 Å². The topological polar surface area (TPSA) is 88.2 Å². The molecule has 1 unspecified atom stereocenters. The minimum Gasteiger partial charge on any atom is -0.450 e. The second-order valence-corrected chi connectivity index (χ2v) is 3.08. The Morgan fingerprint density at radius 2 is 2.50 bits per heavy atom. The number of amidine groups is 1. The highest BCUT2D eigenvalue weighted by Crippen LogP contribution is 2.18. The van der Waals surface area contributed by atoms with E-state index in [0.717, 1.165) is 6.42 Å². The van der Waals surface area contributed by atoms with Crippen LogP contribution >= 0.6 is 0 Å². The van der Waals surface area contributed by atoms with Crippen LogP contribution in [-0.4, -0.2) is 41.2 Å². The van der Waals surface area contributed by atoms with Gasteiger partial charge in [-0.3, -0.25) is 4.90 Å². The number of likely N-dealkylation sites (tertiary alicyclic amines) is 1. The molecular weight excluding hydrogens is 186 g/mol. The van der Waals surface area contributed by atoms with Gasteiger partial charge in [0.15, 0.2) is 5.84 Å². The molecule has 1 heterocycles. The monoisotopic (exact) mass is 201 g/mol. The molecule has 0 spiro atoms. The quantitative estimate of drug-likeness (QED) is 0.292. The van der Waals surface area contributed by atoms with Gasteiger partial charge in [0.1, 0.15) is 0 Å². The minimum absolute atomic E-state index is 0.0653. The van der Waals surface area contributed by atoms with Crippen molar-refractivity contribution in [3.05, 3.63) is 0 Å². The summed E-state index contributed by atoms with van der Waals surface area (Å²) in [5.41, 5.74) is 5.45. The van der Waals surface area contributed by atoms with E-state index in [1.807, 2.05) is 0 Å². The van der Waals surface area contributed by atoms with Crippen molar-refractivity contribution in [1.29, 1.82) is 0 Å². The lowest BCUT2D eigenvalue weighted by Crippen LogP contribution is -2.44. The molecule has 0 aromatic rings. The summed E-state index contributed by atoms with van der Waals surface area (Å²) in [7, 11) is 0. The fourth-order valence-corrected chi connectivity index (χ4v) is 1.57. The first-order chi connectivity index (χ1) is 6.70. The van der Waals surface area contributed by atoms with E-state index in [0.29, 0.717) is 19.6 Å². The van der Waals surface area contributed by atoms with Gasteiger partial charge in [0.2, 0.25) is 0 Å². The second-order valence-electron chi connectivity index (χ2n) is 3.08. The summed E-state index contributed by atoms with van der Waals surface area (Å²) < 4.78 is 4.85. The van der Waals surface area contributed by atoms with Crippen LogP contribution in [0.15, 0.2) is 5.16 Å². The van der Waals surface area contributed by atoms with E-state index < -0.39 is 6.09 Å². The molecule has 80 valence electrons. The van der Waals surface area contributed by atoms with Crippen LogP contribution in [-0.2, 0) is 4.74 Å². The smallest absolute Gasteiger partial charge is 0.410 e. The van der Waals surface area contributed by atoms with Crippen LogP contribution in [0.2, 0.25) is 0 Å². The number of amides is 1. The zero-order valence-electron chi connectivity index (χ0n) is 8.14. The van der Waals surface area contributed by atoms with Gasteiger partial charge in [0.25, 0.3) is 0 Å². The van der Waals surface area contributed by atoms with E-state index in [1.54, 1.807) is 6.92 Å². The highest BCUT2D eigenvalue weighted by atomic mass is 16.6. The third kappa shape index (κ3) is 2.07. The van der Waals surface area contributed by atoms with Gasteiger partial charge in [0, 0.05) is 6.54 Å². The summed E-state index contributed by atoms with van der Waals surface area (Å²) in [5, 5.41) is 11.4. The zero-order chi connectivity index (χ0) is 10.6. The number of oxime groups is 1. The molecule has 0 aromatic heterocycles. The van der Waals surface area contributed by atoms with Gasteiger partial charge in [-0.15, -0.1) is 0 Å². The number of hydrogen-bond acceptors (Lipinski definition) is 4. The maximum absolute atomic E-state index is 11.4. The molecule has 0 radical (unpaired) electrons. The van der Waals surface area contributed by atoms with Gasteiger partial charge in [-0.2, -0.15) is 0 Å². The lowest BCUT2D eigenvalue weighted by Gasteiger charge is -2.22. The SMILES string of the molecule is CCOC(=O)N1CCCC1C(N)=NO. The summed E-state index contributed by atoms with van der Waals surface area (Å²) in [6.45, 7) is 2.67. The maximum Gasteiger partial charge on any atom is 0.410 e. The van der Waals surface area contributed by atoms with Gasteiger partial charge in [-0.1, -0.05) is 5.16 Å². The molecule has 1 amide bonds. The Labute approximate surface area is 82.3 Å². The number of nitrogens with two attached hydrogens (primary N) is 1. The molecule has 0 aromatic carbocycles. The lowest BCUT2D eigenvalue weighted by atomic mass is 10.2. The van der Waals surface area contributed by atoms with Crippen LogP contribution in [0, 0.1) is 0 Å². The molecule has 6 nitrogen and oxygen atoms in total. The van der Waals surface area contributed by atoms with Crippen molar-refractivity contribution in [2.75, 3.05) is 13.2 Å². The van der Waals surface area contributed by atoms with E-state index in [9.17, 15) is 4.79 Å². The van der Waals surface area contributed by atoms with E-state index in [4.69, 9.17) is 15.7 Å². The molecule has 0 aliphatic carbocycles. The largest absolute Gasteiger partial charge is 0.450 e. The Morgan fingerprint density at radius 1 is 1.79 bits per heavy atom. The summed E-state index contributed by atoms with van der Waals surface area (Å²) in [6.07, 6.45) is 1.16. The fraction of sp³-hybridized carbons (Fsp3) is 0.750. The molecule has 1 rings (SSSR count). The van der Waals surface area contributed by atoms with Gasteiger partial charge >= 0.3 is 6.09 Å². The van der Waals surface area contributed by atoms with Crippen molar-refractivity contribution in [3.8, 4) is 0 Å². The summed E-state index contributed by atoms with van der Waals surface area (Å²) in [4.78, 5) is 12.9. The third-order valence-electron chi connectivity index (χ3n) is 2.21. The van der Waals surface area contributed by atoms with Crippen molar-refractivity contribution in [1.82, 2.24) is 4.90 Å². The number of carbonyl (C=O) groups excluding carboxylic acids is 1. The Morgan fingerprint density at radius 3 is 3.07 bits per heavy atom. The van der Waals surface area contributed by atoms with Crippen LogP contribution in [0.25, 0.3) is 0 Å². The molecule has 1 fully saturated rings. The summed E-state index contributed by atoms with van der Waals surface area (Å²) in [6, 6.07) is -0.320. The maximum atomic E-state index is 11.4. The Kier molecular flexibility index (Phi) is 3.55. The standard InChI is InChI=1S/C8H15N3O3/c1-2-14-8(12)11-5-3-4-6(11)7(9)10-13/h6,13H,2-5H2,1H3,(H2,9,10). The third-order valence-corrected chi connectivity index (χ3v) is 2.21. The zero-order valence-corrected chi connectivity index (χ0v) is 8.14. The van der Waals surface area contributed by atoms with Gasteiger partial charge in [-0.25, -0.2) is 4.79 Å². The average Bonchev–Trinajstić information content (AvgIpc) is 2.65. The van der Waals surface area contributed by atoms with Crippen LogP contribution in [0.5, 0.6) is 0 Å². The fourth-order valence-electron chi connectivity index (χ4n) is 1.57. The highest BCUT2D eigenvalue weighted by molar-refractivity contribution is 5.88. The molecule has 1 atom stereocenters. The van der Waals surface area contributed by atoms with Crippen LogP contribution in [0.1, 0.15) is 19.8 Å². The highest BCUT2D eigenvalue weighted by Gasteiger charge is 2.32. The number of carbonyl (C=O) groups is 1. The van der Waals surface area contributed by atoms with Crippen LogP contribution in [0.4, 0.5) is 4.79 Å². The average molecular weight is 201 g/mol. The van der Waals surface area contributed by atoms with Gasteiger partial charge in [-0.05, 0) is 19.8 Å². The van der Waals surface area contributed by atoms with E-state index >= 15 is 0 Å². The Hall–Kier alpha value is -1.46. The van der Waals surface area contributed by atoms with Crippen LogP contribution in [0.3, 0.4) is 0 Å². The summed E-state index contributed by atoms with van der Waals surface area (Å²) in [5.74, 6) is 0.0653. The molecular formula is C8H15N3O3. The number of ether oxygens (including phenoxy) is 1. The first-order valence-corrected chi connectivity index (χ1v) is 4.61. The molecule has 1 aliphatic rings. The molecule has 0 saturated carbocycles. The molecule has 1 aliphatic heterocycles. The van der Waals surface area contributed by atoms with E-state index in [1.165, 1.54) is 4.90 Å². The van der Waals surface area contributed by atoms with Gasteiger partial charge < -0.3 is 15.7 Å². The number of hydrogen-bond donors (Lipinski definition) is 2. The second kappa shape index (κ2) is 4.69. The Bertz CT molecular complexity index is 242. The van der Waals surface area contributed by atoms with E-state index in [-0.39, 0.29) is 11.9 Å². The van der Waals surface area contributed by atoms with Crippen molar-refractivity contribution in [3.63, 3.8) is 0 Å². The molecule has 3 N–H and O–H groups in total. The number of rotatable bonds is 2. The lowest BCUT2D eigenvalue weighted by molar-refractivity contribution is 0.110. The van der Waals surface area contributed by atoms with Crippen molar-refractivity contribution < 1.29 is 14.7 Å².